The molecule has 2 aromatic heterocycles. The Labute approximate surface area is 343 Å². The van der Waals surface area contributed by atoms with Gasteiger partial charge >= 0.3 is 6.18 Å². The third-order valence-electron chi connectivity index (χ3n) is 11.7. The van der Waals surface area contributed by atoms with E-state index in [-0.39, 0.29) is 5.56 Å². The fraction of sp³-hybridized carbons (Fsp3) is 0.0566. The lowest BCUT2D eigenvalue weighted by Gasteiger charge is -2.19. The first-order valence-corrected chi connectivity index (χ1v) is 19.5. The van der Waals surface area contributed by atoms with Gasteiger partial charge in [-0.15, -0.1) is 0 Å². The molecule has 2 heterocycles. The maximum atomic E-state index is 14.0. The lowest BCUT2D eigenvalue weighted by atomic mass is 9.95. The van der Waals surface area contributed by atoms with Crippen molar-refractivity contribution in [1.82, 2.24) is 9.13 Å². The molecular formula is C53H33F3N4. The maximum absolute atomic E-state index is 14.0. The summed E-state index contributed by atoms with van der Waals surface area (Å²) in [6.45, 7) is 4.15. The highest BCUT2D eigenvalue weighted by molar-refractivity contribution is 6.12. The smallest absolute Gasteiger partial charge is 0.308 e. The summed E-state index contributed by atoms with van der Waals surface area (Å²) in [7, 11) is 0. The van der Waals surface area contributed by atoms with Gasteiger partial charge in [0.05, 0.1) is 50.6 Å². The number of aromatic nitrogens is 2. The third-order valence-corrected chi connectivity index (χ3v) is 11.7. The van der Waals surface area contributed by atoms with Crippen molar-refractivity contribution in [3.8, 4) is 56.9 Å². The second kappa shape index (κ2) is 13.9. The van der Waals surface area contributed by atoms with Gasteiger partial charge in [-0.3, -0.25) is 0 Å². The molecule has 0 spiro atoms. The topological polar surface area (TPSA) is 57.4 Å². The van der Waals surface area contributed by atoms with E-state index in [1.165, 1.54) is 6.07 Å². The SMILES string of the molecule is Cc1ccccc1-c1ccc2c3ccccc3n(-c3cc(-c4ccc(C(F)(F)F)cc4C#N)cc(-n4c5ccccc5c5ccc(-c6ccccc6C)cc54)c3C#N)c2c1. The van der Waals surface area contributed by atoms with Crippen molar-refractivity contribution in [1.29, 1.82) is 10.5 Å². The van der Waals surface area contributed by atoms with E-state index >= 15 is 0 Å². The Morgan fingerprint density at radius 1 is 0.433 bits per heavy atom. The van der Waals surface area contributed by atoms with Crippen molar-refractivity contribution in [2.45, 2.75) is 20.0 Å². The summed E-state index contributed by atoms with van der Waals surface area (Å²) in [6, 6.07) is 56.7. The van der Waals surface area contributed by atoms with Gasteiger partial charge in [0.2, 0.25) is 0 Å². The first kappa shape index (κ1) is 36.5. The number of halogens is 3. The fourth-order valence-electron chi connectivity index (χ4n) is 8.89. The zero-order valence-electron chi connectivity index (χ0n) is 32.5. The van der Waals surface area contributed by atoms with Crippen LogP contribution in [0.2, 0.25) is 0 Å². The van der Waals surface area contributed by atoms with Crippen molar-refractivity contribution in [3.63, 3.8) is 0 Å². The molecule has 0 unspecified atom stereocenters. The minimum Gasteiger partial charge on any atom is -0.308 e. The van der Waals surface area contributed by atoms with Gasteiger partial charge in [0.25, 0.3) is 0 Å². The summed E-state index contributed by atoms with van der Waals surface area (Å²) in [5.74, 6) is 0. The van der Waals surface area contributed by atoms with E-state index in [2.05, 4.69) is 102 Å². The Balaban J connectivity index is 1.36. The van der Waals surface area contributed by atoms with Gasteiger partial charge in [0, 0.05) is 21.5 Å². The molecule has 8 aromatic carbocycles. The van der Waals surface area contributed by atoms with Crippen molar-refractivity contribution >= 4 is 43.6 Å². The molecule has 0 amide bonds. The predicted octanol–water partition coefficient (Wildman–Crippen LogP) is 14.3. The standard InChI is InChI=1S/C53H33F3N4/c1-32-11-3-5-13-39(32)34-19-22-44-42-15-7-9-17-47(42)59(49(44)26-34)51-28-36(41-24-21-38(53(54,55)56)25-37(41)30-57)29-52(46(51)31-58)60-48-18-10-8-16-43(48)45-23-20-35(27-50(45)60)40-14-6-4-12-33(40)2/h3-29H,1-2H3. The van der Waals surface area contributed by atoms with E-state index in [1.807, 2.05) is 78.9 Å². The zero-order chi connectivity index (χ0) is 41.3. The quantitative estimate of drug-likeness (QED) is 0.175. The molecule has 0 aliphatic rings. The Morgan fingerprint density at radius 2 is 0.900 bits per heavy atom. The number of hydrogen-bond donors (Lipinski definition) is 0. The van der Waals surface area contributed by atoms with Crippen LogP contribution in [0.15, 0.2) is 164 Å². The normalized spacial score (nSPS) is 11.7. The van der Waals surface area contributed by atoms with E-state index in [9.17, 15) is 23.7 Å². The highest BCUT2D eigenvalue weighted by Crippen LogP contribution is 2.43. The molecule has 10 rings (SSSR count). The molecule has 60 heavy (non-hydrogen) atoms. The Hall–Kier alpha value is -7.87. The molecule has 0 radical (unpaired) electrons. The first-order chi connectivity index (χ1) is 29.1. The van der Waals surface area contributed by atoms with Crippen LogP contribution in [0.3, 0.4) is 0 Å². The van der Waals surface area contributed by atoms with Crippen LogP contribution in [-0.4, -0.2) is 9.13 Å². The van der Waals surface area contributed by atoms with Crippen LogP contribution < -0.4 is 0 Å². The van der Waals surface area contributed by atoms with Crippen LogP contribution in [0.4, 0.5) is 13.2 Å². The zero-order valence-corrected chi connectivity index (χ0v) is 32.5. The van der Waals surface area contributed by atoms with Crippen LogP contribution in [-0.2, 0) is 6.18 Å². The van der Waals surface area contributed by atoms with E-state index in [0.29, 0.717) is 28.1 Å². The molecule has 0 saturated heterocycles. The lowest BCUT2D eigenvalue weighted by Crippen LogP contribution is -2.07. The summed E-state index contributed by atoms with van der Waals surface area (Å²) in [4.78, 5) is 0. The molecule has 10 aromatic rings. The van der Waals surface area contributed by atoms with Crippen LogP contribution in [0.5, 0.6) is 0 Å². The number of hydrogen-bond acceptors (Lipinski definition) is 2. The monoisotopic (exact) mass is 782 g/mol. The van der Waals surface area contributed by atoms with Gasteiger partial charge in [-0.1, -0.05) is 115 Å². The highest BCUT2D eigenvalue weighted by atomic mass is 19.4. The number of benzene rings is 8. The predicted molar refractivity (Wildman–Crippen MR) is 235 cm³/mol. The van der Waals surface area contributed by atoms with Gasteiger partial charge in [0.15, 0.2) is 0 Å². The first-order valence-electron chi connectivity index (χ1n) is 19.5. The van der Waals surface area contributed by atoms with E-state index in [1.54, 1.807) is 0 Å². The molecular weight excluding hydrogens is 750 g/mol. The average molecular weight is 783 g/mol. The van der Waals surface area contributed by atoms with E-state index < -0.39 is 11.7 Å². The van der Waals surface area contributed by atoms with Crippen molar-refractivity contribution in [2.75, 3.05) is 0 Å². The van der Waals surface area contributed by atoms with Crippen LogP contribution in [0, 0.1) is 36.5 Å². The molecule has 0 aliphatic heterocycles. The molecule has 0 bridgehead atoms. The van der Waals surface area contributed by atoms with Crippen molar-refractivity contribution in [2.24, 2.45) is 0 Å². The highest BCUT2D eigenvalue weighted by Gasteiger charge is 2.32. The number of rotatable bonds is 5. The lowest BCUT2D eigenvalue weighted by molar-refractivity contribution is -0.137. The number of nitrogens with zero attached hydrogens (tertiary/aromatic N) is 4. The molecule has 4 nitrogen and oxygen atoms in total. The largest absolute Gasteiger partial charge is 0.416 e. The van der Waals surface area contributed by atoms with Crippen LogP contribution in [0.25, 0.3) is 88.4 Å². The minimum atomic E-state index is -4.64. The number of aryl methyl sites for hydroxylation is 2. The molecule has 0 saturated carbocycles. The second-order valence-electron chi connectivity index (χ2n) is 15.2. The second-order valence-corrected chi connectivity index (χ2v) is 15.2. The van der Waals surface area contributed by atoms with Gasteiger partial charge < -0.3 is 9.13 Å². The van der Waals surface area contributed by atoms with Gasteiger partial charge in [-0.2, -0.15) is 23.7 Å². The summed E-state index contributed by atoms with van der Waals surface area (Å²) in [5.41, 5.74) is 11.0. The molecule has 286 valence electrons. The molecule has 0 fully saturated rings. The average Bonchev–Trinajstić information content (AvgIpc) is 3.77. The summed E-state index contributed by atoms with van der Waals surface area (Å²) < 4.78 is 46.3. The minimum absolute atomic E-state index is 0.125. The Morgan fingerprint density at radius 3 is 1.37 bits per heavy atom. The molecule has 0 aliphatic carbocycles. The number of alkyl halides is 3. The summed E-state index contributed by atoms with van der Waals surface area (Å²) >= 11 is 0. The number of nitriles is 2. The number of para-hydroxylation sites is 2. The van der Waals surface area contributed by atoms with Gasteiger partial charge in [-0.05, 0) is 107 Å². The van der Waals surface area contributed by atoms with Crippen LogP contribution in [0.1, 0.15) is 27.8 Å². The van der Waals surface area contributed by atoms with Gasteiger partial charge in [-0.25, -0.2) is 0 Å². The fourth-order valence-corrected chi connectivity index (χ4v) is 8.89. The molecule has 0 atom stereocenters. The third kappa shape index (κ3) is 5.74. The maximum Gasteiger partial charge on any atom is 0.416 e. The summed E-state index contributed by atoms with van der Waals surface area (Å²) in [6.07, 6.45) is -4.64. The Bertz CT molecular complexity index is 3300. The van der Waals surface area contributed by atoms with Crippen molar-refractivity contribution in [3.05, 3.63) is 192 Å². The molecule has 0 N–H and O–H groups in total. The number of fused-ring (bicyclic) bond motifs is 6. The van der Waals surface area contributed by atoms with Crippen molar-refractivity contribution < 1.29 is 13.2 Å². The van der Waals surface area contributed by atoms with E-state index in [0.717, 1.165) is 89.1 Å². The molecule has 7 heteroatoms. The van der Waals surface area contributed by atoms with Crippen LogP contribution >= 0.6 is 0 Å². The van der Waals surface area contributed by atoms with E-state index in [4.69, 9.17) is 0 Å². The summed E-state index contributed by atoms with van der Waals surface area (Å²) in [5, 5.41) is 25.8. The van der Waals surface area contributed by atoms with Gasteiger partial charge in [0.1, 0.15) is 11.6 Å². The Kier molecular flexibility index (Phi) is 8.45.